The lowest BCUT2D eigenvalue weighted by molar-refractivity contribution is 0.296. The van der Waals surface area contributed by atoms with Crippen molar-refractivity contribution in [3.8, 4) is 11.8 Å². The van der Waals surface area contributed by atoms with Crippen molar-refractivity contribution in [1.82, 2.24) is 4.90 Å². The van der Waals surface area contributed by atoms with E-state index in [1.165, 1.54) is 38.8 Å². The Morgan fingerprint density at radius 3 is 2.65 bits per heavy atom. The maximum atomic E-state index is 9.13. The molecule has 1 N–H and O–H groups in total. The Morgan fingerprint density at radius 1 is 1.25 bits per heavy atom. The summed E-state index contributed by atoms with van der Waals surface area (Å²) in [6, 6.07) is 7.72. The minimum Gasteiger partial charge on any atom is -0.497 e. The van der Waals surface area contributed by atoms with E-state index in [0.29, 0.717) is 5.56 Å². The number of likely N-dealkylation sites (tertiary alicyclic amines) is 1. The average Bonchev–Trinajstić information content (AvgIpc) is 2.76. The molecule has 1 aliphatic rings. The van der Waals surface area contributed by atoms with Crippen LogP contribution in [0.15, 0.2) is 18.2 Å². The van der Waals surface area contributed by atoms with E-state index in [1.54, 1.807) is 13.2 Å². The van der Waals surface area contributed by atoms with E-state index in [1.807, 2.05) is 12.1 Å². The van der Waals surface area contributed by atoms with Gasteiger partial charge in [-0.1, -0.05) is 12.8 Å². The van der Waals surface area contributed by atoms with Gasteiger partial charge in [0, 0.05) is 19.2 Å². The Kier molecular flexibility index (Phi) is 5.69. The number of ether oxygens (including phenoxy) is 1. The lowest BCUT2D eigenvalue weighted by Crippen LogP contribution is -2.30. The minimum atomic E-state index is 0.668. The topological polar surface area (TPSA) is 48.3 Å². The maximum Gasteiger partial charge on any atom is 0.121 e. The summed E-state index contributed by atoms with van der Waals surface area (Å²) in [5, 5.41) is 12.5. The summed E-state index contributed by atoms with van der Waals surface area (Å²) in [6.07, 6.45) is 5.34. The molecule has 0 unspecified atom stereocenters. The van der Waals surface area contributed by atoms with E-state index in [-0.39, 0.29) is 0 Å². The summed E-state index contributed by atoms with van der Waals surface area (Å²) in [6.45, 7) is 4.29. The fraction of sp³-hybridized carbons (Fsp3) is 0.562. The quantitative estimate of drug-likeness (QED) is 0.896. The van der Waals surface area contributed by atoms with Crippen LogP contribution in [0.2, 0.25) is 0 Å². The molecule has 0 aromatic heterocycles. The van der Waals surface area contributed by atoms with Crippen molar-refractivity contribution in [3.63, 3.8) is 0 Å². The zero-order chi connectivity index (χ0) is 14.2. The summed E-state index contributed by atoms with van der Waals surface area (Å²) in [7, 11) is 1.64. The first-order valence-corrected chi connectivity index (χ1v) is 7.38. The van der Waals surface area contributed by atoms with Crippen molar-refractivity contribution in [3.05, 3.63) is 23.8 Å². The van der Waals surface area contributed by atoms with Crippen LogP contribution in [0, 0.1) is 11.3 Å². The molecule has 0 radical (unpaired) electrons. The molecule has 4 heteroatoms. The molecule has 1 heterocycles. The highest BCUT2D eigenvalue weighted by molar-refractivity contribution is 5.60. The Bertz CT molecular complexity index is 459. The molecule has 108 valence electrons. The van der Waals surface area contributed by atoms with Crippen LogP contribution in [0.1, 0.15) is 31.2 Å². The SMILES string of the molecule is COc1ccc(C#N)c(NCCN2CCCCCC2)c1. The largest absolute Gasteiger partial charge is 0.497 e. The van der Waals surface area contributed by atoms with E-state index < -0.39 is 0 Å². The Morgan fingerprint density at radius 2 is 2.00 bits per heavy atom. The van der Waals surface area contributed by atoms with Gasteiger partial charge in [-0.3, -0.25) is 0 Å². The number of hydrogen-bond donors (Lipinski definition) is 1. The molecule has 2 rings (SSSR count). The maximum absolute atomic E-state index is 9.13. The zero-order valence-corrected chi connectivity index (χ0v) is 12.2. The summed E-state index contributed by atoms with van der Waals surface area (Å²) in [4.78, 5) is 2.51. The lowest BCUT2D eigenvalue weighted by Gasteiger charge is -2.20. The molecule has 0 saturated carbocycles. The molecule has 1 aromatic carbocycles. The first-order valence-electron chi connectivity index (χ1n) is 7.38. The van der Waals surface area contributed by atoms with Crippen LogP contribution in [0.4, 0.5) is 5.69 Å². The minimum absolute atomic E-state index is 0.668. The van der Waals surface area contributed by atoms with Crippen LogP contribution in [0.3, 0.4) is 0 Å². The van der Waals surface area contributed by atoms with Gasteiger partial charge in [-0.15, -0.1) is 0 Å². The van der Waals surface area contributed by atoms with Crippen LogP contribution in [0.25, 0.3) is 0 Å². The Labute approximate surface area is 121 Å². The van der Waals surface area contributed by atoms with Gasteiger partial charge in [0.2, 0.25) is 0 Å². The summed E-state index contributed by atoms with van der Waals surface area (Å²) in [5.41, 5.74) is 1.53. The van der Waals surface area contributed by atoms with E-state index in [0.717, 1.165) is 24.5 Å². The van der Waals surface area contributed by atoms with Crippen LogP contribution >= 0.6 is 0 Å². The third-order valence-corrected chi connectivity index (χ3v) is 3.79. The molecule has 1 saturated heterocycles. The first kappa shape index (κ1) is 14.7. The standard InChI is InChI=1S/C16H23N3O/c1-20-15-7-6-14(13-17)16(12-15)18-8-11-19-9-4-2-3-5-10-19/h6-7,12,18H,2-5,8-11H2,1H3. The highest BCUT2D eigenvalue weighted by atomic mass is 16.5. The average molecular weight is 273 g/mol. The van der Waals surface area contributed by atoms with Gasteiger partial charge >= 0.3 is 0 Å². The van der Waals surface area contributed by atoms with Gasteiger partial charge in [0.05, 0.1) is 18.4 Å². The van der Waals surface area contributed by atoms with Crippen molar-refractivity contribution < 1.29 is 4.74 Å². The second-order valence-electron chi connectivity index (χ2n) is 5.21. The van der Waals surface area contributed by atoms with Crippen molar-refractivity contribution in [2.45, 2.75) is 25.7 Å². The molecular weight excluding hydrogens is 250 g/mol. The Hall–Kier alpha value is -1.73. The normalized spacial score (nSPS) is 16.2. The number of rotatable bonds is 5. The number of hydrogen-bond acceptors (Lipinski definition) is 4. The molecule has 1 fully saturated rings. The summed E-state index contributed by atoms with van der Waals surface area (Å²) >= 11 is 0. The van der Waals surface area contributed by atoms with E-state index in [4.69, 9.17) is 10.00 Å². The van der Waals surface area contributed by atoms with Crippen LogP contribution in [-0.4, -0.2) is 38.2 Å². The van der Waals surface area contributed by atoms with Crippen molar-refractivity contribution in [2.75, 3.05) is 38.6 Å². The molecule has 1 aliphatic heterocycles. The molecule has 0 atom stereocenters. The molecule has 0 amide bonds. The van der Waals surface area contributed by atoms with Crippen molar-refractivity contribution >= 4 is 5.69 Å². The molecule has 20 heavy (non-hydrogen) atoms. The molecule has 0 aliphatic carbocycles. The highest BCUT2D eigenvalue weighted by Gasteiger charge is 2.09. The predicted octanol–water partition coefficient (Wildman–Crippen LogP) is 2.85. The second-order valence-corrected chi connectivity index (χ2v) is 5.21. The zero-order valence-electron chi connectivity index (χ0n) is 12.2. The van der Waals surface area contributed by atoms with Gasteiger partial charge in [0.25, 0.3) is 0 Å². The van der Waals surface area contributed by atoms with Crippen molar-refractivity contribution in [1.29, 1.82) is 5.26 Å². The molecular formula is C16H23N3O. The van der Waals surface area contributed by atoms with Gasteiger partial charge in [0.1, 0.15) is 11.8 Å². The van der Waals surface area contributed by atoms with Gasteiger partial charge in [-0.05, 0) is 38.1 Å². The molecule has 4 nitrogen and oxygen atoms in total. The molecule has 0 spiro atoms. The molecule has 0 bridgehead atoms. The highest BCUT2D eigenvalue weighted by Crippen LogP contribution is 2.21. The number of benzene rings is 1. The van der Waals surface area contributed by atoms with Crippen LogP contribution in [-0.2, 0) is 0 Å². The first-order chi connectivity index (χ1) is 9.83. The van der Waals surface area contributed by atoms with Crippen LogP contribution < -0.4 is 10.1 Å². The van der Waals surface area contributed by atoms with E-state index in [2.05, 4.69) is 16.3 Å². The predicted molar refractivity (Wildman–Crippen MR) is 81.1 cm³/mol. The van der Waals surface area contributed by atoms with Gasteiger partial charge in [-0.25, -0.2) is 0 Å². The van der Waals surface area contributed by atoms with Gasteiger partial charge in [-0.2, -0.15) is 5.26 Å². The summed E-state index contributed by atoms with van der Waals surface area (Å²) in [5.74, 6) is 0.779. The van der Waals surface area contributed by atoms with Gasteiger partial charge in [0.15, 0.2) is 0 Å². The summed E-state index contributed by atoms with van der Waals surface area (Å²) < 4.78 is 5.21. The number of anilines is 1. The third kappa shape index (κ3) is 4.14. The number of nitrogens with zero attached hydrogens (tertiary/aromatic N) is 2. The number of nitrogens with one attached hydrogen (secondary N) is 1. The van der Waals surface area contributed by atoms with Gasteiger partial charge < -0.3 is 15.0 Å². The van der Waals surface area contributed by atoms with Crippen molar-refractivity contribution in [2.24, 2.45) is 0 Å². The fourth-order valence-corrected chi connectivity index (χ4v) is 2.60. The van der Waals surface area contributed by atoms with E-state index in [9.17, 15) is 0 Å². The van der Waals surface area contributed by atoms with E-state index >= 15 is 0 Å². The smallest absolute Gasteiger partial charge is 0.121 e. The lowest BCUT2D eigenvalue weighted by atomic mass is 10.2. The molecule has 1 aromatic rings. The number of nitriles is 1. The third-order valence-electron chi connectivity index (χ3n) is 3.79. The number of methoxy groups -OCH3 is 1. The monoisotopic (exact) mass is 273 g/mol. The fourth-order valence-electron chi connectivity index (χ4n) is 2.60. The Balaban J connectivity index is 1.88. The van der Waals surface area contributed by atoms with Crippen LogP contribution in [0.5, 0.6) is 5.75 Å². The second kappa shape index (κ2) is 7.76.